The van der Waals surface area contributed by atoms with Gasteiger partial charge in [0, 0.05) is 13.0 Å². The first-order chi connectivity index (χ1) is 9.69. The summed E-state index contributed by atoms with van der Waals surface area (Å²) in [5, 5.41) is 0. The van der Waals surface area contributed by atoms with E-state index in [4.69, 9.17) is 4.74 Å². The van der Waals surface area contributed by atoms with Crippen molar-refractivity contribution in [1.29, 1.82) is 0 Å². The molecule has 6 nitrogen and oxygen atoms in total. The number of rotatable bonds is 5. The molecule has 0 unspecified atom stereocenters. The van der Waals surface area contributed by atoms with Gasteiger partial charge in [-0.25, -0.2) is 13.1 Å². The van der Waals surface area contributed by atoms with Crippen molar-refractivity contribution < 1.29 is 17.9 Å². The van der Waals surface area contributed by atoms with Crippen LogP contribution in [0.3, 0.4) is 0 Å². The van der Waals surface area contributed by atoms with Crippen LogP contribution in [0.4, 0.5) is 0 Å². The summed E-state index contributed by atoms with van der Waals surface area (Å²) in [5.41, 5.74) is -0.172. The molecule has 0 aromatic rings. The van der Waals surface area contributed by atoms with E-state index >= 15 is 0 Å². The Bertz CT molecular complexity index is 473. The molecule has 0 aromatic carbocycles. The van der Waals surface area contributed by atoms with Gasteiger partial charge in [-0.3, -0.25) is 4.79 Å². The Kier molecular flexibility index (Phi) is 4.95. The number of carbonyl (C=O) groups excluding carboxylic acids is 1. The van der Waals surface area contributed by atoms with Crippen molar-refractivity contribution >= 4 is 15.9 Å². The summed E-state index contributed by atoms with van der Waals surface area (Å²) in [6.07, 6.45) is 3.60. The third-order valence-electron chi connectivity index (χ3n) is 4.16. The largest absolute Gasteiger partial charge is 0.371 e. The average Bonchev–Trinajstić information content (AvgIpc) is 2.32. The van der Waals surface area contributed by atoms with Crippen LogP contribution < -0.4 is 4.72 Å². The molecule has 1 spiro atoms. The van der Waals surface area contributed by atoms with E-state index in [9.17, 15) is 13.2 Å². The number of nitrogens with zero attached hydrogens (tertiary/aromatic N) is 1. The molecule has 1 N–H and O–H groups in total. The number of sulfonamides is 1. The van der Waals surface area contributed by atoms with Crippen LogP contribution in [-0.2, 0) is 19.6 Å². The standard InChI is InChI=1S/C14H26N2O4S/c1-11(2)6-13(17)16-9-14(10-16)5-4-12(8-20-14)7-15-21(3,18)19/h11-12,15H,4-10H2,1-3H3/t12-/m0/s1. The topological polar surface area (TPSA) is 75.7 Å². The van der Waals surface area contributed by atoms with Gasteiger partial charge in [-0.15, -0.1) is 0 Å². The van der Waals surface area contributed by atoms with Gasteiger partial charge in [0.15, 0.2) is 0 Å². The Balaban J connectivity index is 1.72. The fourth-order valence-corrected chi connectivity index (χ4v) is 3.44. The molecule has 2 rings (SSSR count). The molecule has 1 atom stereocenters. The maximum absolute atomic E-state index is 11.9. The quantitative estimate of drug-likeness (QED) is 0.805. The highest BCUT2D eigenvalue weighted by Gasteiger charge is 2.48. The van der Waals surface area contributed by atoms with Gasteiger partial charge in [0.1, 0.15) is 5.60 Å². The first-order valence-corrected chi connectivity index (χ1v) is 9.45. The second-order valence-corrected chi connectivity index (χ2v) is 8.70. The number of hydrogen-bond acceptors (Lipinski definition) is 4. The summed E-state index contributed by atoms with van der Waals surface area (Å²) >= 11 is 0. The smallest absolute Gasteiger partial charge is 0.223 e. The molecular weight excluding hydrogens is 292 g/mol. The Morgan fingerprint density at radius 1 is 1.43 bits per heavy atom. The maximum atomic E-state index is 11.9. The third kappa shape index (κ3) is 4.66. The van der Waals surface area contributed by atoms with Crippen LogP contribution >= 0.6 is 0 Å². The fraction of sp³-hybridized carbons (Fsp3) is 0.929. The van der Waals surface area contributed by atoms with Crippen molar-refractivity contribution in [2.75, 3.05) is 32.5 Å². The molecule has 0 saturated carbocycles. The zero-order valence-electron chi connectivity index (χ0n) is 13.1. The summed E-state index contributed by atoms with van der Waals surface area (Å²) in [6.45, 7) is 6.46. The Morgan fingerprint density at radius 3 is 2.57 bits per heavy atom. The predicted octanol–water partition coefficient (Wildman–Crippen LogP) is 0.589. The Hall–Kier alpha value is -0.660. The molecule has 2 aliphatic rings. The van der Waals surface area contributed by atoms with E-state index in [1.807, 2.05) is 18.7 Å². The van der Waals surface area contributed by atoms with Crippen molar-refractivity contribution in [3.8, 4) is 0 Å². The van der Waals surface area contributed by atoms with Crippen molar-refractivity contribution in [3.63, 3.8) is 0 Å². The average molecular weight is 318 g/mol. The van der Waals surface area contributed by atoms with Crippen LogP contribution in [0.5, 0.6) is 0 Å². The van der Waals surface area contributed by atoms with Crippen LogP contribution in [0.25, 0.3) is 0 Å². The number of amides is 1. The van der Waals surface area contributed by atoms with Gasteiger partial charge in [0.25, 0.3) is 0 Å². The molecule has 21 heavy (non-hydrogen) atoms. The molecule has 0 aromatic heterocycles. The zero-order chi connectivity index (χ0) is 15.7. The minimum absolute atomic E-state index is 0.172. The molecule has 122 valence electrons. The van der Waals surface area contributed by atoms with Gasteiger partial charge in [-0.1, -0.05) is 13.8 Å². The van der Waals surface area contributed by atoms with E-state index in [0.717, 1.165) is 12.8 Å². The monoisotopic (exact) mass is 318 g/mol. The second-order valence-electron chi connectivity index (χ2n) is 6.87. The Morgan fingerprint density at radius 2 is 2.10 bits per heavy atom. The lowest BCUT2D eigenvalue weighted by Gasteiger charge is -2.53. The van der Waals surface area contributed by atoms with Crippen LogP contribution in [0.1, 0.15) is 33.1 Å². The highest BCUT2D eigenvalue weighted by atomic mass is 32.2. The van der Waals surface area contributed by atoms with Crippen LogP contribution in [0.15, 0.2) is 0 Å². The van der Waals surface area contributed by atoms with Crippen molar-refractivity contribution in [2.24, 2.45) is 11.8 Å². The summed E-state index contributed by atoms with van der Waals surface area (Å²) < 4.78 is 30.6. The minimum atomic E-state index is -3.13. The van der Waals surface area contributed by atoms with Crippen molar-refractivity contribution in [2.45, 2.75) is 38.7 Å². The normalized spacial score (nSPS) is 25.1. The highest BCUT2D eigenvalue weighted by molar-refractivity contribution is 7.88. The molecule has 2 aliphatic heterocycles. The molecule has 0 bridgehead atoms. The number of nitrogens with one attached hydrogen (secondary N) is 1. The molecular formula is C14H26N2O4S. The molecule has 2 fully saturated rings. The maximum Gasteiger partial charge on any atom is 0.223 e. The second kappa shape index (κ2) is 6.22. The number of ether oxygens (including phenoxy) is 1. The van der Waals surface area contributed by atoms with Crippen molar-refractivity contribution in [1.82, 2.24) is 9.62 Å². The van der Waals surface area contributed by atoms with E-state index in [1.165, 1.54) is 6.26 Å². The van der Waals surface area contributed by atoms with Gasteiger partial charge in [0.2, 0.25) is 15.9 Å². The summed E-state index contributed by atoms with van der Waals surface area (Å²) in [6, 6.07) is 0. The summed E-state index contributed by atoms with van der Waals surface area (Å²) in [5.74, 6) is 0.818. The van der Waals surface area contributed by atoms with Gasteiger partial charge in [-0.05, 0) is 24.7 Å². The molecule has 0 radical (unpaired) electrons. The number of carbonyl (C=O) groups is 1. The first kappa shape index (κ1) is 16.7. The molecule has 2 heterocycles. The number of hydrogen-bond donors (Lipinski definition) is 1. The van der Waals surface area contributed by atoms with E-state index in [2.05, 4.69) is 4.72 Å². The SMILES string of the molecule is CC(C)CC(=O)N1CC2(CC[C@@H](CNS(C)(=O)=O)CO2)C1. The van der Waals surface area contributed by atoms with Gasteiger partial charge < -0.3 is 9.64 Å². The van der Waals surface area contributed by atoms with E-state index in [0.29, 0.717) is 38.6 Å². The lowest BCUT2D eigenvalue weighted by molar-refractivity contribution is -0.188. The van der Waals surface area contributed by atoms with E-state index < -0.39 is 10.0 Å². The molecule has 0 aliphatic carbocycles. The van der Waals surface area contributed by atoms with Gasteiger partial charge in [-0.2, -0.15) is 0 Å². The highest BCUT2D eigenvalue weighted by Crippen LogP contribution is 2.36. The van der Waals surface area contributed by atoms with E-state index in [1.54, 1.807) is 0 Å². The molecule has 2 saturated heterocycles. The van der Waals surface area contributed by atoms with Crippen molar-refractivity contribution in [3.05, 3.63) is 0 Å². The summed E-state index contributed by atoms with van der Waals surface area (Å²) in [7, 11) is -3.13. The lowest BCUT2D eigenvalue weighted by Crippen LogP contribution is -2.66. The lowest BCUT2D eigenvalue weighted by atomic mass is 9.82. The predicted molar refractivity (Wildman–Crippen MR) is 80.3 cm³/mol. The fourth-order valence-electron chi connectivity index (χ4n) is 2.90. The van der Waals surface area contributed by atoms with Crippen LogP contribution in [0, 0.1) is 11.8 Å². The summed E-state index contributed by atoms with van der Waals surface area (Å²) in [4.78, 5) is 13.8. The Labute approximate surface area is 127 Å². The zero-order valence-corrected chi connectivity index (χ0v) is 13.9. The van der Waals surface area contributed by atoms with Crippen LogP contribution in [-0.4, -0.2) is 57.3 Å². The van der Waals surface area contributed by atoms with Gasteiger partial charge >= 0.3 is 0 Å². The van der Waals surface area contributed by atoms with E-state index in [-0.39, 0.29) is 17.4 Å². The molecule has 7 heteroatoms. The number of likely N-dealkylation sites (tertiary alicyclic amines) is 1. The third-order valence-corrected chi connectivity index (χ3v) is 4.85. The van der Waals surface area contributed by atoms with Crippen LogP contribution in [0.2, 0.25) is 0 Å². The first-order valence-electron chi connectivity index (χ1n) is 7.55. The van der Waals surface area contributed by atoms with Gasteiger partial charge in [0.05, 0.1) is 26.0 Å². The molecule has 1 amide bonds. The minimum Gasteiger partial charge on any atom is -0.371 e.